The molecule has 0 radical (unpaired) electrons. The smallest absolute Gasteiger partial charge is 0.138 e. The number of hydrogen-bond donors (Lipinski definition) is 0. The molecule has 2 aromatic carbocycles. The zero-order valence-corrected chi connectivity index (χ0v) is 15.9. The highest BCUT2D eigenvalue weighted by molar-refractivity contribution is 8.03. The quantitative estimate of drug-likeness (QED) is 0.746. The number of para-hydroxylation sites is 1. The lowest BCUT2D eigenvalue weighted by Crippen LogP contribution is -2.49. The number of nitriles is 1. The van der Waals surface area contributed by atoms with Gasteiger partial charge in [0.1, 0.15) is 12.0 Å². The van der Waals surface area contributed by atoms with Gasteiger partial charge in [-0.1, -0.05) is 36.0 Å². The van der Waals surface area contributed by atoms with Crippen molar-refractivity contribution in [1.82, 2.24) is 0 Å². The van der Waals surface area contributed by atoms with Gasteiger partial charge >= 0.3 is 0 Å². The molecule has 1 fully saturated rings. The fourth-order valence-electron chi connectivity index (χ4n) is 4.52. The summed E-state index contributed by atoms with van der Waals surface area (Å²) < 4.78 is 11.6. The molecule has 5 rings (SSSR count). The van der Waals surface area contributed by atoms with E-state index in [1.807, 2.05) is 12.1 Å². The minimum absolute atomic E-state index is 0.0194. The monoisotopic (exact) mass is 376 g/mol. The topological polar surface area (TPSA) is 45.5 Å². The Morgan fingerprint density at radius 3 is 2.78 bits per heavy atom. The van der Waals surface area contributed by atoms with Crippen LogP contribution in [0.2, 0.25) is 0 Å². The molecule has 136 valence electrons. The highest BCUT2D eigenvalue weighted by atomic mass is 32.2. The van der Waals surface area contributed by atoms with E-state index in [0.717, 1.165) is 47.1 Å². The number of fused-ring (bicyclic) bond motifs is 5. The van der Waals surface area contributed by atoms with Crippen molar-refractivity contribution in [2.24, 2.45) is 5.92 Å². The maximum Gasteiger partial charge on any atom is 0.138 e. The minimum atomic E-state index is -0.0194. The molecule has 5 heteroatoms. The lowest BCUT2D eigenvalue weighted by atomic mass is 9.74. The van der Waals surface area contributed by atoms with Gasteiger partial charge in [0.05, 0.1) is 29.5 Å². The number of nitrogens with zero attached hydrogens (tertiary/aromatic N) is 2. The summed E-state index contributed by atoms with van der Waals surface area (Å²) in [4.78, 5) is 3.46. The van der Waals surface area contributed by atoms with Crippen LogP contribution in [0.4, 0.5) is 5.69 Å². The van der Waals surface area contributed by atoms with Crippen LogP contribution >= 0.6 is 11.8 Å². The van der Waals surface area contributed by atoms with Gasteiger partial charge in [-0.3, -0.25) is 0 Å². The van der Waals surface area contributed by atoms with Crippen LogP contribution in [0.15, 0.2) is 64.0 Å². The van der Waals surface area contributed by atoms with Crippen molar-refractivity contribution in [1.29, 1.82) is 5.26 Å². The molecule has 3 aliphatic heterocycles. The van der Waals surface area contributed by atoms with E-state index < -0.39 is 0 Å². The van der Waals surface area contributed by atoms with Crippen LogP contribution in [-0.2, 0) is 4.74 Å². The standard InChI is InChI=1S/C22H20N2O2S/c1-25-15-10-8-14(9-11-15)20-16-5-4-12-26-21(16)24-18-6-2-3-7-19(18)27-22(24)17(20)13-23/h2-3,6-11,16,20-21H,4-5,12H2,1H3/t16-,20+,21-/m1/s1. The second-order valence-corrected chi connectivity index (χ2v) is 8.12. The molecule has 3 atom stereocenters. The summed E-state index contributed by atoms with van der Waals surface area (Å²) in [5.74, 6) is 1.15. The number of thioether (sulfide) groups is 1. The summed E-state index contributed by atoms with van der Waals surface area (Å²) in [6.45, 7) is 0.773. The van der Waals surface area contributed by atoms with Gasteiger partial charge in [-0.05, 0) is 42.7 Å². The fraction of sp³-hybridized carbons (Fsp3) is 0.318. The Balaban J connectivity index is 1.67. The maximum absolute atomic E-state index is 10.1. The van der Waals surface area contributed by atoms with Gasteiger partial charge in [0.25, 0.3) is 0 Å². The van der Waals surface area contributed by atoms with Crippen LogP contribution in [-0.4, -0.2) is 19.9 Å². The fourth-order valence-corrected chi connectivity index (χ4v) is 5.73. The van der Waals surface area contributed by atoms with Crippen LogP contribution in [0.25, 0.3) is 0 Å². The van der Waals surface area contributed by atoms with Crippen molar-refractivity contribution >= 4 is 17.4 Å². The number of ether oxygens (including phenoxy) is 2. The molecule has 4 nitrogen and oxygen atoms in total. The number of methoxy groups -OCH3 is 1. The lowest BCUT2D eigenvalue weighted by molar-refractivity contribution is -0.0323. The molecule has 1 saturated heterocycles. The zero-order valence-electron chi connectivity index (χ0n) is 15.1. The molecule has 0 amide bonds. The van der Waals surface area contributed by atoms with Gasteiger partial charge in [-0.25, -0.2) is 0 Å². The first-order chi connectivity index (χ1) is 13.3. The Morgan fingerprint density at radius 1 is 1.19 bits per heavy atom. The molecular weight excluding hydrogens is 356 g/mol. The Labute approximate surface area is 163 Å². The molecule has 2 aromatic rings. The molecule has 0 saturated carbocycles. The summed E-state index contributed by atoms with van der Waals surface area (Å²) in [5, 5.41) is 11.2. The predicted octanol–water partition coefficient (Wildman–Crippen LogP) is 4.89. The summed E-state index contributed by atoms with van der Waals surface area (Å²) in [5.41, 5.74) is 3.18. The number of allylic oxidation sites excluding steroid dienone is 1. The zero-order chi connectivity index (χ0) is 18.4. The first-order valence-electron chi connectivity index (χ1n) is 9.28. The highest BCUT2D eigenvalue weighted by Gasteiger charge is 2.48. The average Bonchev–Trinajstić information content (AvgIpc) is 3.12. The van der Waals surface area contributed by atoms with Crippen molar-refractivity contribution in [3.63, 3.8) is 0 Å². The van der Waals surface area contributed by atoms with E-state index in [9.17, 15) is 5.26 Å². The Bertz CT molecular complexity index is 948. The third kappa shape index (κ3) is 2.55. The largest absolute Gasteiger partial charge is 0.497 e. The molecule has 3 aliphatic rings. The van der Waals surface area contributed by atoms with E-state index in [0.29, 0.717) is 0 Å². The Morgan fingerprint density at radius 2 is 2.00 bits per heavy atom. The molecule has 0 spiro atoms. The second-order valence-electron chi connectivity index (χ2n) is 7.09. The van der Waals surface area contributed by atoms with E-state index in [2.05, 4.69) is 47.4 Å². The normalized spacial score (nSPS) is 26.1. The number of hydrogen-bond acceptors (Lipinski definition) is 5. The van der Waals surface area contributed by atoms with Gasteiger partial charge in [-0.2, -0.15) is 5.26 Å². The van der Waals surface area contributed by atoms with E-state index in [1.54, 1.807) is 18.9 Å². The Kier molecular flexibility index (Phi) is 4.11. The minimum Gasteiger partial charge on any atom is -0.497 e. The number of anilines is 1. The Hall–Kier alpha value is -2.42. The SMILES string of the molecule is COc1ccc([C@@H]2C(C#N)=C3Sc4ccccc4N3[C@@H]3OCCC[C@@H]32)cc1. The maximum atomic E-state index is 10.1. The molecule has 0 N–H and O–H groups in total. The molecule has 0 unspecified atom stereocenters. The van der Waals surface area contributed by atoms with Gasteiger partial charge in [0.15, 0.2) is 0 Å². The predicted molar refractivity (Wildman–Crippen MR) is 106 cm³/mol. The highest BCUT2D eigenvalue weighted by Crippen LogP contribution is 2.57. The van der Waals surface area contributed by atoms with Crippen LogP contribution in [0.1, 0.15) is 24.3 Å². The van der Waals surface area contributed by atoms with Crippen LogP contribution < -0.4 is 9.64 Å². The number of rotatable bonds is 2. The second kappa shape index (κ2) is 6.63. The van der Waals surface area contributed by atoms with Gasteiger partial charge in [-0.15, -0.1) is 0 Å². The van der Waals surface area contributed by atoms with E-state index in [-0.39, 0.29) is 18.1 Å². The van der Waals surface area contributed by atoms with E-state index >= 15 is 0 Å². The van der Waals surface area contributed by atoms with Crippen LogP contribution in [0.3, 0.4) is 0 Å². The van der Waals surface area contributed by atoms with Crippen molar-refractivity contribution in [3.05, 3.63) is 64.7 Å². The first-order valence-corrected chi connectivity index (χ1v) is 10.1. The molecular formula is C22H20N2O2S. The molecule has 3 heterocycles. The molecule has 27 heavy (non-hydrogen) atoms. The molecule has 0 aliphatic carbocycles. The van der Waals surface area contributed by atoms with Gasteiger partial charge < -0.3 is 14.4 Å². The number of benzene rings is 2. The summed E-state index contributed by atoms with van der Waals surface area (Å²) in [6.07, 6.45) is 2.07. The lowest BCUT2D eigenvalue weighted by Gasteiger charge is -2.46. The third-order valence-corrected chi connectivity index (χ3v) is 6.88. The average molecular weight is 376 g/mol. The summed E-state index contributed by atoms with van der Waals surface area (Å²) in [7, 11) is 1.67. The summed E-state index contributed by atoms with van der Waals surface area (Å²) in [6, 6.07) is 19.1. The van der Waals surface area contributed by atoms with E-state index in [4.69, 9.17) is 9.47 Å². The first kappa shape index (κ1) is 16.7. The van der Waals surface area contributed by atoms with E-state index in [1.165, 1.54) is 4.90 Å². The molecule has 0 aromatic heterocycles. The summed E-state index contributed by atoms with van der Waals surface area (Å²) >= 11 is 1.69. The van der Waals surface area contributed by atoms with Gasteiger partial charge in [0, 0.05) is 23.3 Å². The van der Waals surface area contributed by atoms with Crippen molar-refractivity contribution in [2.45, 2.75) is 29.9 Å². The van der Waals surface area contributed by atoms with Crippen molar-refractivity contribution in [3.8, 4) is 11.8 Å². The van der Waals surface area contributed by atoms with Crippen LogP contribution in [0.5, 0.6) is 5.75 Å². The van der Waals surface area contributed by atoms with Crippen molar-refractivity contribution < 1.29 is 9.47 Å². The van der Waals surface area contributed by atoms with Gasteiger partial charge in [0.2, 0.25) is 0 Å². The van der Waals surface area contributed by atoms with Crippen molar-refractivity contribution in [2.75, 3.05) is 18.6 Å². The third-order valence-electron chi connectivity index (χ3n) is 5.71. The molecule has 0 bridgehead atoms. The van der Waals surface area contributed by atoms with Crippen LogP contribution in [0, 0.1) is 17.2 Å².